The molecule has 6 heteroatoms. The van der Waals surface area contributed by atoms with E-state index in [9.17, 15) is 5.11 Å². The van der Waals surface area contributed by atoms with Crippen LogP contribution in [0.15, 0.2) is 36.5 Å². The van der Waals surface area contributed by atoms with Gasteiger partial charge in [-0.15, -0.1) is 0 Å². The average molecular weight is 369 g/mol. The molecule has 0 bridgehead atoms. The van der Waals surface area contributed by atoms with Gasteiger partial charge in [0.05, 0.1) is 19.8 Å². The number of hydrogen-bond acceptors (Lipinski definition) is 6. The monoisotopic (exact) mass is 369 g/mol. The fraction of sp³-hybridized carbons (Fsp3) is 0.524. The third-order valence-corrected chi connectivity index (χ3v) is 6.09. The van der Waals surface area contributed by atoms with Crippen molar-refractivity contribution in [2.75, 3.05) is 27.3 Å². The summed E-state index contributed by atoms with van der Waals surface area (Å²) in [6.07, 6.45) is 4.52. The van der Waals surface area contributed by atoms with Gasteiger partial charge < -0.3 is 14.6 Å². The minimum Gasteiger partial charge on any atom is -0.481 e. The molecule has 2 heterocycles. The topological polar surface area (TPSA) is 67.7 Å². The number of fused-ring (bicyclic) bond motifs is 1. The van der Waals surface area contributed by atoms with Crippen LogP contribution in [0.25, 0.3) is 0 Å². The average Bonchev–Trinajstić information content (AvgIpc) is 3.12. The number of hydrogen-bond donors (Lipinski definition) is 1. The van der Waals surface area contributed by atoms with Gasteiger partial charge in [-0.05, 0) is 30.7 Å². The Hall–Kier alpha value is -2.18. The number of rotatable bonds is 5. The van der Waals surface area contributed by atoms with Crippen LogP contribution in [-0.2, 0) is 12.1 Å². The van der Waals surface area contributed by atoms with E-state index in [1.165, 1.54) is 12.7 Å². The van der Waals surface area contributed by atoms with Gasteiger partial charge in [0.15, 0.2) is 0 Å². The summed E-state index contributed by atoms with van der Waals surface area (Å²) in [5.41, 5.74) is 1.03. The Kier molecular flexibility index (Phi) is 5.02. The maximum Gasteiger partial charge on any atom is 0.319 e. The highest BCUT2D eigenvalue weighted by atomic mass is 16.5. The second-order valence-corrected chi connectivity index (χ2v) is 7.64. The van der Waals surface area contributed by atoms with E-state index in [2.05, 4.69) is 39.1 Å². The van der Waals surface area contributed by atoms with Crippen LogP contribution in [-0.4, -0.2) is 47.3 Å². The van der Waals surface area contributed by atoms with Gasteiger partial charge in [0, 0.05) is 31.7 Å². The molecule has 0 unspecified atom stereocenters. The molecule has 1 aromatic carbocycles. The van der Waals surface area contributed by atoms with E-state index in [4.69, 9.17) is 9.47 Å². The molecule has 1 saturated heterocycles. The SMILES string of the molecule is COc1ncc([C@]2(O)CCC[C@@H]3CN(Cc4ccccc4)C[C@@H]32)c(OC)n1. The zero-order chi connectivity index (χ0) is 18.9. The number of aliphatic hydroxyl groups is 1. The summed E-state index contributed by atoms with van der Waals surface area (Å²) in [6, 6.07) is 10.8. The third kappa shape index (κ3) is 3.39. The van der Waals surface area contributed by atoms with Gasteiger partial charge in [-0.25, -0.2) is 4.98 Å². The van der Waals surface area contributed by atoms with Crippen LogP contribution in [0.2, 0.25) is 0 Å². The maximum atomic E-state index is 11.7. The summed E-state index contributed by atoms with van der Waals surface area (Å²) in [5, 5.41) is 11.7. The molecule has 144 valence electrons. The lowest BCUT2D eigenvalue weighted by Crippen LogP contribution is -2.43. The zero-order valence-electron chi connectivity index (χ0n) is 16.0. The Balaban J connectivity index is 1.60. The van der Waals surface area contributed by atoms with E-state index in [0.29, 0.717) is 23.8 Å². The zero-order valence-corrected chi connectivity index (χ0v) is 16.0. The lowest BCUT2D eigenvalue weighted by molar-refractivity contribution is -0.0669. The predicted molar refractivity (Wildman–Crippen MR) is 102 cm³/mol. The van der Waals surface area contributed by atoms with E-state index in [1.807, 2.05) is 6.07 Å². The van der Waals surface area contributed by atoms with E-state index >= 15 is 0 Å². The smallest absolute Gasteiger partial charge is 0.319 e. The van der Waals surface area contributed by atoms with Crippen LogP contribution in [0.3, 0.4) is 0 Å². The van der Waals surface area contributed by atoms with Crippen molar-refractivity contribution in [1.29, 1.82) is 0 Å². The Morgan fingerprint density at radius 3 is 2.74 bits per heavy atom. The van der Waals surface area contributed by atoms with Gasteiger partial charge >= 0.3 is 6.01 Å². The van der Waals surface area contributed by atoms with Crippen molar-refractivity contribution in [2.24, 2.45) is 11.8 Å². The van der Waals surface area contributed by atoms with Crippen molar-refractivity contribution >= 4 is 0 Å². The van der Waals surface area contributed by atoms with Crippen molar-refractivity contribution in [3.63, 3.8) is 0 Å². The lowest BCUT2D eigenvalue weighted by atomic mass is 9.68. The van der Waals surface area contributed by atoms with Crippen LogP contribution in [0.1, 0.15) is 30.4 Å². The fourth-order valence-electron chi connectivity index (χ4n) is 4.82. The molecule has 1 saturated carbocycles. The van der Waals surface area contributed by atoms with Gasteiger partial charge in [-0.1, -0.05) is 30.3 Å². The van der Waals surface area contributed by atoms with Crippen molar-refractivity contribution in [2.45, 2.75) is 31.4 Å². The fourth-order valence-corrected chi connectivity index (χ4v) is 4.82. The first kappa shape index (κ1) is 18.2. The van der Waals surface area contributed by atoms with Gasteiger partial charge in [0.25, 0.3) is 0 Å². The van der Waals surface area contributed by atoms with Gasteiger partial charge in [0.2, 0.25) is 5.88 Å². The van der Waals surface area contributed by atoms with E-state index in [-0.39, 0.29) is 11.9 Å². The second kappa shape index (κ2) is 7.44. The summed E-state index contributed by atoms with van der Waals surface area (Å²) in [6.45, 7) is 2.80. The molecule has 1 aliphatic carbocycles. The number of aromatic nitrogens is 2. The predicted octanol–water partition coefficient (Wildman–Crippen LogP) is 2.61. The standard InChI is InChI=1S/C21H27N3O3/c1-26-19-17(11-22-20(23-19)27-2)21(25)10-6-9-16-13-24(14-18(16)21)12-15-7-4-3-5-8-15/h3-5,7-8,11,16,18,25H,6,9-10,12-14H2,1-2H3/t16-,18+,21-/m1/s1. The first-order valence-corrected chi connectivity index (χ1v) is 9.58. The van der Waals surface area contributed by atoms with Crippen molar-refractivity contribution in [3.8, 4) is 11.9 Å². The minimum absolute atomic E-state index is 0.154. The summed E-state index contributed by atoms with van der Waals surface area (Å²) in [7, 11) is 3.10. The minimum atomic E-state index is -0.966. The van der Waals surface area contributed by atoms with Crippen LogP contribution >= 0.6 is 0 Å². The molecule has 6 nitrogen and oxygen atoms in total. The number of methoxy groups -OCH3 is 2. The van der Waals surface area contributed by atoms with Crippen LogP contribution in [0.4, 0.5) is 0 Å². The molecule has 2 aliphatic rings. The van der Waals surface area contributed by atoms with Crippen molar-refractivity contribution in [3.05, 3.63) is 47.7 Å². The first-order chi connectivity index (χ1) is 13.1. The number of nitrogens with zero attached hydrogens (tertiary/aromatic N) is 3. The largest absolute Gasteiger partial charge is 0.481 e. The van der Waals surface area contributed by atoms with Crippen LogP contribution in [0, 0.1) is 11.8 Å². The molecule has 0 spiro atoms. The molecule has 4 rings (SSSR count). The van der Waals surface area contributed by atoms with Crippen molar-refractivity contribution < 1.29 is 14.6 Å². The van der Waals surface area contributed by atoms with Gasteiger partial charge in [-0.2, -0.15) is 4.98 Å². The molecule has 2 fully saturated rings. The highest BCUT2D eigenvalue weighted by molar-refractivity contribution is 5.33. The van der Waals surface area contributed by atoms with Crippen LogP contribution in [0.5, 0.6) is 11.9 Å². The number of ether oxygens (including phenoxy) is 2. The molecular formula is C21H27N3O3. The summed E-state index contributed by atoms with van der Waals surface area (Å²) < 4.78 is 10.6. The highest BCUT2D eigenvalue weighted by Gasteiger charge is 2.51. The summed E-state index contributed by atoms with van der Waals surface area (Å²) in [4.78, 5) is 11.0. The molecule has 1 aromatic heterocycles. The first-order valence-electron chi connectivity index (χ1n) is 9.58. The van der Waals surface area contributed by atoms with E-state index < -0.39 is 5.60 Å². The Morgan fingerprint density at radius 1 is 1.19 bits per heavy atom. The lowest BCUT2D eigenvalue weighted by Gasteiger charge is -2.41. The summed E-state index contributed by atoms with van der Waals surface area (Å²) >= 11 is 0. The molecule has 3 atom stereocenters. The number of benzene rings is 1. The third-order valence-electron chi connectivity index (χ3n) is 6.09. The van der Waals surface area contributed by atoms with E-state index in [1.54, 1.807) is 13.3 Å². The Bertz CT molecular complexity index is 785. The van der Waals surface area contributed by atoms with E-state index in [0.717, 1.165) is 32.5 Å². The van der Waals surface area contributed by atoms with Crippen molar-refractivity contribution in [1.82, 2.24) is 14.9 Å². The molecule has 27 heavy (non-hydrogen) atoms. The maximum absolute atomic E-state index is 11.7. The molecule has 2 aromatic rings. The quantitative estimate of drug-likeness (QED) is 0.874. The van der Waals surface area contributed by atoms with Gasteiger partial charge in [0.1, 0.15) is 5.60 Å². The Labute approximate surface area is 160 Å². The Morgan fingerprint density at radius 2 is 2.00 bits per heavy atom. The molecule has 0 radical (unpaired) electrons. The van der Waals surface area contributed by atoms with Crippen LogP contribution < -0.4 is 9.47 Å². The number of likely N-dealkylation sites (tertiary alicyclic amines) is 1. The normalized spacial score (nSPS) is 28.0. The molecular weight excluding hydrogens is 342 g/mol. The summed E-state index contributed by atoms with van der Waals surface area (Å²) in [5.74, 6) is 1.03. The molecule has 0 amide bonds. The highest BCUT2D eigenvalue weighted by Crippen LogP contribution is 2.50. The molecule has 1 aliphatic heterocycles. The molecule has 1 N–H and O–H groups in total. The second-order valence-electron chi connectivity index (χ2n) is 7.64. The van der Waals surface area contributed by atoms with Gasteiger partial charge in [-0.3, -0.25) is 4.90 Å².